The molecule has 88 valence electrons. The van der Waals surface area contributed by atoms with Crippen LogP contribution in [0.2, 0.25) is 0 Å². The number of Topliss-reactive ketones (excluding diaryl/α,β-unsaturated/α-hetero) is 1. The van der Waals surface area contributed by atoms with Crippen molar-refractivity contribution in [3.63, 3.8) is 0 Å². The first-order valence-corrected chi connectivity index (χ1v) is 6.36. The van der Waals surface area contributed by atoms with E-state index < -0.39 is 0 Å². The zero-order chi connectivity index (χ0) is 11.3. The topological polar surface area (TPSA) is 20.3 Å². The van der Waals surface area contributed by atoms with Gasteiger partial charge in [0.05, 0.1) is 0 Å². The van der Waals surface area contributed by atoms with Gasteiger partial charge in [-0.25, -0.2) is 0 Å². The third-order valence-electron chi connectivity index (χ3n) is 3.51. The average molecular weight is 211 g/mol. The molecule has 0 aliphatic carbocycles. The second-order valence-electron chi connectivity index (χ2n) is 5.08. The Bertz CT molecular complexity index is 195. The molecule has 1 unspecified atom stereocenters. The van der Waals surface area contributed by atoms with E-state index in [0.717, 1.165) is 31.8 Å². The highest BCUT2D eigenvalue weighted by atomic mass is 16.1. The van der Waals surface area contributed by atoms with Gasteiger partial charge in [-0.05, 0) is 45.2 Å². The van der Waals surface area contributed by atoms with Crippen LogP contribution >= 0.6 is 0 Å². The molecule has 2 nitrogen and oxygen atoms in total. The zero-order valence-corrected chi connectivity index (χ0v) is 10.5. The van der Waals surface area contributed by atoms with E-state index in [9.17, 15) is 4.79 Å². The largest absolute Gasteiger partial charge is 0.303 e. The van der Waals surface area contributed by atoms with Crippen molar-refractivity contribution in [3.05, 3.63) is 0 Å². The molecule has 0 spiro atoms. The highest BCUT2D eigenvalue weighted by molar-refractivity contribution is 5.78. The molecule has 1 saturated heterocycles. The van der Waals surface area contributed by atoms with Crippen LogP contribution in [-0.4, -0.2) is 30.3 Å². The summed E-state index contributed by atoms with van der Waals surface area (Å²) in [6.45, 7) is 9.79. The van der Waals surface area contributed by atoms with E-state index in [0.29, 0.717) is 11.7 Å². The van der Waals surface area contributed by atoms with Crippen molar-refractivity contribution < 1.29 is 4.79 Å². The minimum atomic E-state index is 0.350. The van der Waals surface area contributed by atoms with Gasteiger partial charge in [-0.2, -0.15) is 0 Å². The summed E-state index contributed by atoms with van der Waals surface area (Å²) in [5.74, 6) is 1.54. The zero-order valence-electron chi connectivity index (χ0n) is 10.5. The Balaban J connectivity index is 2.22. The Kier molecular flexibility index (Phi) is 5.30. The van der Waals surface area contributed by atoms with Crippen LogP contribution in [0, 0.1) is 11.8 Å². The molecule has 1 aliphatic rings. The minimum Gasteiger partial charge on any atom is -0.303 e. The summed E-state index contributed by atoms with van der Waals surface area (Å²) in [6.07, 6.45) is 4.76. The van der Waals surface area contributed by atoms with E-state index >= 15 is 0 Å². The maximum absolute atomic E-state index is 11.2. The summed E-state index contributed by atoms with van der Waals surface area (Å²) in [5, 5.41) is 0. The standard InChI is InChI=1S/C13H25NO/c1-4-5-11(2)10-14-8-6-13(7-9-14)12(3)15/h11,13H,4-10H2,1-3H3. The lowest BCUT2D eigenvalue weighted by Gasteiger charge is -2.32. The van der Waals surface area contributed by atoms with E-state index in [1.807, 2.05) is 0 Å². The van der Waals surface area contributed by atoms with Crippen molar-refractivity contribution in [2.45, 2.75) is 46.5 Å². The van der Waals surface area contributed by atoms with Gasteiger partial charge < -0.3 is 4.90 Å². The van der Waals surface area contributed by atoms with Crippen molar-refractivity contribution in [3.8, 4) is 0 Å². The van der Waals surface area contributed by atoms with Crippen LogP contribution in [0.1, 0.15) is 46.5 Å². The van der Waals surface area contributed by atoms with Gasteiger partial charge in [0, 0.05) is 12.5 Å². The third kappa shape index (κ3) is 4.33. The maximum Gasteiger partial charge on any atom is 0.133 e. The quantitative estimate of drug-likeness (QED) is 0.697. The van der Waals surface area contributed by atoms with Crippen molar-refractivity contribution in [1.82, 2.24) is 4.90 Å². The molecule has 1 heterocycles. The molecule has 1 aliphatic heterocycles. The van der Waals surface area contributed by atoms with Gasteiger partial charge >= 0.3 is 0 Å². The summed E-state index contributed by atoms with van der Waals surface area (Å²) in [5.41, 5.74) is 0. The van der Waals surface area contributed by atoms with Gasteiger partial charge in [0.2, 0.25) is 0 Å². The first-order chi connectivity index (χ1) is 7.13. The van der Waals surface area contributed by atoms with Crippen LogP contribution in [0.15, 0.2) is 0 Å². The number of rotatable bonds is 5. The summed E-state index contributed by atoms with van der Waals surface area (Å²) >= 11 is 0. The molecule has 0 aromatic carbocycles. The summed E-state index contributed by atoms with van der Waals surface area (Å²) in [4.78, 5) is 13.7. The Morgan fingerprint density at radius 2 is 2.00 bits per heavy atom. The van der Waals surface area contributed by atoms with Crippen molar-refractivity contribution >= 4 is 5.78 Å². The fourth-order valence-electron chi connectivity index (χ4n) is 2.55. The van der Waals surface area contributed by atoms with Gasteiger partial charge in [0.1, 0.15) is 5.78 Å². The number of nitrogens with zero attached hydrogens (tertiary/aromatic N) is 1. The van der Waals surface area contributed by atoms with Crippen LogP contribution in [-0.2, 0) is 4.79 Å². The Hall–Kier alpha value is -0.370. The lowest BCUT2D eigenvalue weighted by molar-refractivity contribution is -0.122. The molecule has 0 aromatic heterocycles. The number of hydrogen-bond donors (Lipinski definition) is 0. The van der Waals surface area contributed by atoms with Gasteiger partial charge in [0.25, 0.3) is 0 Å². The molecule has 0 N–H and O–H groups in total. The van der Waals surface area contributed by atoms with Crippen LogP contribution < -0.4 is 0 Å². The Morgan fingerprint density at radius 3 is 2.47 bits per heavy atom. The molecule has 0 saturated carbocycles. The highest BCUT2D eigenvalue weighted by Gasteiger charge is 2.22. The lowest BCUT2D eigenvalue weighted by atomic mass is 9.92. The smallest absolute Gasteiger partial charge is 0.133 e. The number of hydrogen-bond acceptors (Lipinski definition) is 2. The third-order valence-corrected chi connectivity index (χ3v) is 3.51. The molecule has 1 fully saturated rings. The van der Waals surface area contributed by atoms with Gasteiger partial charge in [0.15, 0.2) is 0 Å². The summed E-state index contributed by atoms with van der Waals surface area (Å²) < 4.78 is 0. The van der Waals surface area contributed by atoms with E-state index in [2.05, 4.69) is 18.7 Å². The average Bonchev–Trinajstić information content (AvgIpc) is 2.18. The number of ketones is 1. The first kappa shape index (κ1) is 12.7. The molecule has 0 radical (unpaired) electrons. The monoisotopic (exact) mass is 211 g/mol. The minimum absolute atomic E-state index is 0.350. The fourth-order valence-corrected chi connectivity index (χ4v) is 2.55. The van der Waals surface area contributed by atoms with Gasteiger partial charge in [-0.1, -0.05) is 20.3 Å². The molecule has 0 aromatic rings. The first-order valence-electron chi connectivity index (χ1n) is 6.36. The fraction of sp³-hybridized carbons (Fsp3) is 0.923. The van der Waals surface area contributed by atoms with Gasteiger partial charge in [-0.15, -0.1) is 0 Å². The Labute approximate surface area is 94.0 Å². The van der Waals surface area contributed by atoms with Crippen LogP contribution in [0.3, 0.4) is 0 Å². The molecule has 1 atom stereocenters. The number of piperidine rings is 1. The van der Waals surface area contributed by atoms with E-state index in [4.69, 9.17) is 0 Å². The normalized spacial score (nSPS) is 21.5. The van der Waals surface area contributed by atoms with E-state index in [1.54, 1.807) is 6.92 Å². The second kappa shape index (κ2) is 6.26. The van der Waals surface area contributed by atoms with Crippen molar-refractivity contribution in [2.24, 2.45) is 11.8 Å². The predicted molar refractivity (Wildman–Crippen MR) is 63.9 cm³/mol. The highest BCUT2D eigenvalue weighted by Crippen LogP contribution is 2.19. The lowest BCUT2D eigenvalue weighted by Crippen LogP contribution is -2.38. The van der Waals surface area contributed by atoms with Crippen LogP contribution in [0.25, 0.3) is 0 Å². The van der Waals surface area contributed by atoms with E-state index in [-0.39, 0.29) is 0 Å². The molecular formula is C13H25NO. The molecule has 0 amide bonds. The van der Waals surface area contributed by atoms with E-state index in [1.165, 1.54) is 19.4 Å². The molecular weight excluding hydrogens is 186 g/mol. The maximum atomic E-state index is 11.2. The van der Waals surface area contributed by atoms with Crippen LogP contribution in [0.5, 0.6) is 0 Å². The molecule has 1 rings (SSSR count). The van der Waals surface area contributed by atoms with Gasteiger partial charge in [-0.3, -0.25) is 4.79 Å². The SMILES string of the molecule is CCCC(C)CN1CCC(C(C)=O)CC1. The summed E-state index contributed by atoms with van der Waals surface area (Å²) in [7, 11) is 0. The molecule has 0 bridgehead atoms. The number of carbonyl (C=O) groups excluding carboxylic acids is 1. The predicted octanol–water partition coefficient (Wildman–Crippen LogP) is 2.72. The second-order valence-corrected chi connectivity index (χ2v) is 5.08. The number of carbonyl (C=O) groups is 1. The molecule has 2 heteroatoms. The number of likely N-dealkylation sites (tertiary alicyclic amines) is 1. The van der Waals surface area contributed by atoms with Crippen molar-refractivity contribution in [1.29, 1.82) is 0 Å². The molecule has 15 heavy (non-hydrogen) atoms. The van der Waals surface area contributed by atoms with Crippen LogP contribution in [0.4, 0.5) is 0 Å². The van der Waals surface area contributed by atoms with Crippen molar-refractivity contribution in [2.75, 3.05) is 19.6 Å². The Morgan fingerprint density at radius 1 is 1.40 bits per heavy atom. The summed E-state index contributed by atoms with van der Waals surface area (Å²) in [6, 6.07) is 0.